The minimum absolute atomic E-state index is 0.137. The molecule has 0 saturated carbocycles. The summed E-state index contributed by atoms with van der Waals surface area (Å²) in [5, 5.41) is 3.14. The SMILES string of the molecule is Cc1cc(OCC(=O)Nc2ccccc2Cl)ncn1. The molecule has 0 radical (unpaired) electrons. The first-order valence-corrected chi connectivity index (χ1v) is 5.99. The molecule has 0 atom stereocenters. The fourth-order valence-electron chi connectivity index (χ4n) is 1.40. The van der Waals surface area contributed by atoms with Crippen LogP contribution in [0.4, 0.5) is 5.69 Å². The zero-order chi connectivity index (χ0) is 13.7. The smallest absolute Gasteiger partial charge is 0.262 e. The highest BCUT2D eigenvalue weighted by molar-refractivity contribution is 6.33. The Bertz CT molecular complexity index is 590. The van der Waals surface area contributed by atoms with Crippen LogP contribution in [0.1, 0.15) is 5.69 Å². The second-order valence-corrected chi connectivity index (χ2v) is 4.22. The number of rotatable bonds is 4. The van der Waals surface area contributed by atoms with Crippen molar-refractivity contribution in [1.29, 1.82) is 0 Å². The minimum atomic E-state index is -0.302. The summed E-state index contributed by atoms with van der Waals surface area (Å²) in [7, 11) is 0. The largest absolute Gasteiger partial charge is 0.467 e. The molecule has 2 rings (SSSR count). The van der Waals surface area contributed by atoms with E-state index in [-0.39, 0.29) is 12.5 Å². The number of para-hydroxylation sites is 1. The van der Waals surface area contributed by atoms with Crippen LogP contribution in [0.25, 0.3) is 0 Å². The van der Waals surface area contributed by atoms with Crippen LogP contribution in [-0.4, -0.2) is 22.5 Å². The Morgan fingerprint density at radius 3 is 2.89 bits per heavy atom. The molecule has 0 aliphatic heterocycles. The fraction of sp³-hybridized carbons (Fsp3) is 0.154. The van der Waals surface area contributed by atoms with E-state index in [0.29, 0.717) is 16.6 Å². The highest BCUT2D eigenvalue weighted by Crippen LogP contribution is 2.20. The molecule has 98 valence electrons. The summed E-state index contributed by atoms with van der Waals surface area (Å²) in [6, 6.07) is 8.65. The first-order chi connectivity index (χ1) is 9.15. The third-order valence-corrected chi connectivity index (χ3v) is 2.61. The summed E-state index contributed by atoms with van der Waals surface area (Å²) in [6.07, 6.45) is 1.39. The lowest BCUT2D eigenvalue weighted by molar-refractivity contribution is -0.118. The number of benzene rings is 1. The van der Waals surface area contributed by atoms with Gasteiger partial charge in [-0.1, -0.05) is 23.7 Å². The average molecular weight is 278 g/mol. The van der Waals surface area contributed by atoms with Gasteiger partial charge in [0.15, 0.2) is 6.61 Å². The molecule has 1 aromatic carbocycles. The van der Waals surface area contributed by atoms with Crippen LogP contribution in [0, 0.1) is 6.92 Å². The molecule has 0 unspecified atom stereocenters. The lowest BCUT2D eigenvalue weighted by atomic mass is 10.3. The van der Waals surface area contributed by atoms with Crippen molar-refractivity contribution in [2.75, 3.05) is 11.9 Å². The summed E-state index contributed by atoms with van der Waals surface area (Å²) in [5.41, 5.74) is 1.33. The molecule has 1 amide bonds. The molecule has 0 saturated heterocycles. The molecule has 0 fully saturated rings. The normalized spacial score (nSPS) is 10.0. The molecule has 0 bridgehead atoms. The van der Waals surface area contributed by atoms with Gasteiger partial charge in [-0.05, 0) is 19.1 Å². The lowest BCUT2D eigenvalue weighted by Gasteiger charge is -2.08. The second kappa shape index (κ2) is 6.15. The van der Waals surface area contributed by atoms with E-state index < -0.39 is 0 Å². The topological polar surface area (TPSA) is 64.1 Å². The lowest BCUT2D eigenvalue weighted by Crippen LogP contribution is -2.20. The Labute approximate surface area is 115 Å². The van der Waals surface area contributed by atoms with E-state index >= 15 is 0 Å². The molecule has 0 aliphatic carbocycles. The van der Waals surface area contributed by atoms with Crippen molar-refractivity contribution in [1.82, 2.24) is 9.97 Å². The van der Waals surface area contributed by atoms with E-state index in [2.05, 4.69) is 15.3 Å². The number of hydrogen-bond acceptors (Lipinski definition) is 4. The van der Waals surface area contributed by atoms with Crippen molar-refractivity contribution in [2.24, 2.45) is 0 Å². The number of amides is 1. The van der Waals surface area contributed by atoms with Crippen LogP contribution >= 0.6 is 11.6 Å². The van der Waals surface area contributed by atoms with Gasteiger partial charge < -0.3 is 10.1 Å². The van der Waals surface area contributed by atoms with E-state index in [1.165, 1.54) is 6.33 Å². The molecule has 1 aromatic heterocycles. The van der Waals surface area contributed by atoms with Gasteiger partial charge in [-0.25, -0.2) is 9.97 Å². The molecule has 0 aliphatic rings. The van der Waals surface area contributed by atoms with E-state index in [4.69, 9.17) is 16.3 Å². The highest BCUT2D eigenvalue weighted by Gasteiger charge is 2.06. The number of anilines is 1. The van der Waals surface area contributed by atoms with Gasteiger partial charge in [-0.2, -0.15) is 0 Å². The molecule has 19 heavy (non-hydrogen) atoms. The summed E-state index contributed by atoms with van der Waals surface area (Å²) in [6.45, 7) is 1.68. The molecule has 6 heteroatoms. The molecule has 1 N–H and O–H groups in total. The average Bonchev–Trinajstić information content (AvgIpc) is 2.39. The van der Waals surface area contributed by atoms with Gasteiger partial charge in [0.1, 0.15) is 6.33 Å². The second-order valence-electron chi connectivity index (χ2n) is 3.81. The zero-order valence-electron chi connectivity index (χ0n) is 10.3. The molecular weight excluding hydrogens is 266 g/mol. The first kappa shape index (κ1) is 13.3. The number of aryl methyl sites for hydroxylation is 1. The minimum Gasteiger partial charge on any atom is -0.467 e. The standard InChI is InChI=1S/C13H12ClN3O2/c1-9-6-13(16-8-15-9)19-7-12(18)17-11-5-3-2-4-10(11)14/h2-6,8H,7H2,1H3,(H,17,18). The van der Waals surface area contributed by atoms with Gasteiger partial charge in [0.05, 0.1) is 10.7 Å². The maximum atomic E-state index is 11.7. The molecule has 5 nitrogen and oxygen atoms in total. The number of nitrogens with zero attached hydrogens (tertiary/aromatic N) is 2. The first-order valence-electron chi connectivity index (χ1n) is 5.61. The van der Waals surface area contributed by atoms with Crippen molar-refractivity contribution < 1.29 is 9.53 Å². The third kappa shape index (κ3) is 3.93. The van der Waals surface area contributed by atoms with Gasteiger partial charge in [-0.15, -0.1) is 0 Å². The Morgan fingerprint density at radius 2 is 2.16 bits per heavy atom. The number of hydrogen-bond donors (Lipinski definition) is 1. The monoisotopic (exact) mass is 277 g/mol. The molecule has 2 aromatic rings. The maximum absolute atomic E-state index is 11.7. The number of nitrogens with one attached hydrogen (secondary N) is 1. The fourth-order valence-corrected chi connectivity index (χ4v) is 1.58. The number of halogens is 1. The molecule has 0 spiro atoms. The van der Waals surface area contributed by atoms with Crippen LogP contribution in [0.15, 0.2) is 36.7 Å². The Balaban J connectivity index is 1.90. The summed E-state index contributed by atoms with van der Waals surface area (Å²) < 4.78 is 5.25. The van der Waals surface area contributed by atoms with Crippen LogP contribution in [-0.2, 0) is 4.79 Å². The predicted octanol–water partition coefficient (Wildman–Crippen LogP) is 2.46. The van der Waals surface area contributed by atoms with Gasteiger partial charge in [0, 0.05) is 11.8 Å². The highest BCUT2D eigenvalue weighted by atomic mass is 35.5. The van der Waals surface area contributed by atoms with Crippen molar-refractivity contribution in [3.05, 3.63) is 47.4 Å². The van der Waals surface area contributed by atoms with Crippen LogP contribution in [0.5, 0.6) is 5.88 Å². The third-order valence-electron chi connectivity index (χ3n) is 2.28. The van der Waals surface area contributed by atoms with Gasteiger partial charge in [-0.3, -0.25) is 4.79 Å². The van der Waals surface area contributed by atoms with Gasteiger partial charge in [0.25, 0.3) is 5.91 Å². The van der Waals surface area contributed by atoms with Gasteiger partial charge in [0.2, 0.25) is 5.88 Å². The maximum Gasteiger partial charge on any atom is 0.262 e. The predicted molar refractivity (Wildman–Crippen MR) is 72.3 cm³/mol. The van der Waals surface area contributed by atoms with E-state index in [0.717, 1.165) is 5.69 Å². The number of aromatic nitrogens is 2. The van der Waals surface area contributed by atoms with Crippen LogP contribution < -0.4 is 10.1 Å². The quantitative estimate of drug-likeness (QED) is 0.932. The Morgan fingerprint density at radius 1 is 1.37 bits per heavy atom. The number of carbonyl (C=O) groups is 1. The van der Waals surface area contributed by atoms with E-state index in [1.54, 1.807) is 30.3 Å². The van der Waals surface area contributed by atoms with E-state index in [9.17, 15) is 4.79 Å². The summed E-state index contributed by atoms with van der Waals surface area (Å²) in [4.78, 5) is 19.5. The van der Waals surface area contributed by atoms with Crippen molar-refractivity contribution >= 4 is 23.2 Å². The summed E-state index contributed by atoms with van der Waals surface area (Å²) in [5.74, 6) is 0.0613. The molecular formula is C13H12ClN3O2. The van der Waals surface area contributed by atoms with Gasteiger partial charge >= 0.3 is 0 Å². The van der Waals surface area contributed by atoms with Crippen LogP contribution in [0.3, 0.4) is 0 Å². The van der Waals surface area contributed by atoms with E-state index in [1.807, 2.05) is 6.92 Å². The Kier molecular flexibility index (Phi) is 4.30. The van der Waals surface area contributed by atoms with Crippen molar-refractivity contribution in [2.45, 2.75) is 6.92 Å². The number of ether oxygens (including phenoxy) is 1. The Hall–Kier alpha value is -2.14. The summed E-state index contributed by atoms with van der Waals surface area (Å²) >= 11 is 5.93. The van der Waals surface area contributed by atoms with Crippen molar-refractivity contribution in [3.63, 3.8) is 0 Å². The number of carbonyl (C=O) groups excluding carboxylic acids is 1. The zero-order valence-corrected chi connectivity index (χ0v) is 11.0. The molecule has 1 heterocycles. The van der Waals surface area contributed by atoms with Crippen LogP contribution in [0.2, 0.25) is 5.02 Å². The van der Waals surface area contributed by atoms with Crippen molar-refractivity contribution in [3.8, 4) is 5.88 Å².